The lowest BCUT2D eigenvalue weighted by Gasteiger charge is -2.25. The normalized spacial score (nSPS) is 11.5. The van der Waals surface area contributed by atoms with Crippen molar-refractivity contribution < 1.29 is 27.1 Å². The maximum atomic E-state index is 13.6. The van der Waals surface area contributed by atoms with Crippen molar-refractivity contribution in [3.63, 3.8) is 0 Å². The van der Waals surface area contributed by atoms with E-state index in [2.05, 4.69) is 0 Å². The van der Waals surface area contributed by atoms with Gasteiger partial charge in [0.25, 0.3) is 5.91 Å². The van der Waals surface area contributed by atoms with Crippen LogP contribution in [0.15, 0.2) is 48.5 Å². The van der Waals surface area contributed by atoms with Crippen LogP contribution in [0.1, 0.15) is 11.1 Å². The second kappa shape index (κ2) is 9.54. The molecule has 28 heavy (non-hydrogen) atoms. The van der Waals surface area contributed by atoms with Gasteiger partial charge in [0.15, 0.2) is 18.2 Å². The summed E-state index contributed by atoms with van der Waals surface area (Å²) in [6, 6.07) is 10.5. The SMILES string of the molecule is CN(C)CCN(Cc1cccc(C(F)(F)F)c1)C(=O)COc1ccccc1F. The first-order valence-electron chi connectivity index (χ1n) is 8.63. The Balaban J connectivity index is 2.10. The van der Waals surface area contributed by atoms with E-state index in [4.69, 9.17) is 4.74 Å². The fourth-order valence-corrected chi connectivity index (χ4v) is 2.47. The highest BCUT2D eigenvalue weighted by Gasteiger charge is 2.30. The van der Waals surface area contributed by atoms with Crippen molar-refractivity contribution in [1.82, 2.24) is 9.80 Å². The molecule has 1 amide bonds. The second-order valence-corrected chi connectivity index (χ2v) is 6.54. The van der Waals surface area contributed by atoms with Crippen LogP contribution in [-0.4, -0.2) is 49.5 Å². The molecule has 4 nitrogen and oxygen atoms in total. The summed E-state index contributed by atoms with van der Waals surface area (Å²) in [7, 11) is 3.64. The molecule has 0 N–H and O–H groups in total. The minimum atomic E-state index is -4.46. The summed E-state index contributed by atoms with van der Waals surface area (Å²) in [5, 5.41) is 0. The Morgan fingerprint density at radius 2 is 1.75 bits per heavy atom. The molecule has 0 aliphatic carbocycles. The highest BCUT2D eigenvalue weighted by atomic mass is 19.4. The molecule has 2 aromatic rings. The lowest BCUT2D eigenvalue weighted by atomic mass is 10.1. The lowest BCUT2D eigenvalue weighted by molar-refractivity contribution is -0.137. The molecule has 0 bridgehead atoms. The van der Waals surface area contributed by atoms with Crippen molar-refractivity contribution in [3.05, 3.63) is 65.5 Å². The summed E-state index contributed by atoms with van der Waals surface area (Å²) in [6.45, 7) is 0.400. The molecular weight excluding hydrogens is 376 g/mol. The molecule has 152 valence electrons. The number of ether oxygens (including phenoxy) is 1. The highest BCUT2D eigenvalue weighted by Crippen LogP contribution is 2.29. The van der Waals surface area contributed by atoms with Crippen molar-refractivity contribution in [2.24, 2.45) is 0 Å². The molecule has 2 rings (SSSR count). The van der Waals surface area contributed by atoms with Gasteiger partial charge in [-0.25, -0.2) is 4.39 Å². The number of alkyl halides is 3. The number of carbonyl (C=O) groups is 1. The summed E-state index contributed by atoms with van der Waals surface area (Å²) in [6.07, 6.45) is -4.46. The van der Waals surface area contributed by atoms with E-state index >= 15 is 0 Å². The van der Waals surface area contributed by atoms with Gasteiger partial charge in [0.05, 0.1) is 5.56 Å². The Labute approximate surface area is 161 Å². The predicted molar refractivity (Wildman–Crippen MR) is 97.3 cm³/mol. The predicted octanol–water partition coefficient (Wildman–Crippen LogP) is 3.81. The molecule has 0 aromatic heterocycles. The molecule has 2 aromatic carbocycles. The number of amides is 1. The monoisotopic (exact) mass is 398 g/mol. The maximum Gasteiger partial charge on any atom is 0.416 e. The highest BCUT2D eigenvalue weighted by molar-refractivity contribution is 5.77. The number of benzene rings is 2. The third-order valence-corrected chi connectivity index (χ3v) is 3.99. The quantitative estimate of drug-likeness (QED) is 0.634. The number of halogens is 4. The fourth-order valence-electron chi connectivity index (χ4n) is 2.47. The minimum Gasteiger partial charge on any atom is -0.481 e. The molecule has 0 aliphatic heterocycles. The summed E-state index contributed by atoms with van der Waals surface area (Å²) in [5.74, 6) is -1.09. The van der Waals surface area contributed by atoms with E-state index < -0.39 is 30.1 Å². The first-order chi connectivity index (χ1) is 13.2. The van der Waals surface area contributed by atoms with Gasteiger partial charge < -0.3 is 14.5 Å². The minimum absolute atomic E-state index is 0.00275. The zero-order valence-corrected chi connectivity index (χ0v) is 15.7. The van der Waals surface area contributed by atoms with Gasteiger partial charge in [0.1, 0.15) is 0 Å². The van der Waals surface area contributed by atoms with E-state index in [1.54, 1.807) is 6.07 Å². The first kappa shape index (κ1) is 21.7. The Morgan fingerprint density at radius 1 is 1.04 bits per heavy atom. The smallest absolute Gasteiger partial charge is 0.416 e. The van der Waals surface area contributed by atoms with Crippen molar-refractivity contribution in [2.45, 2.75) is 12.7 Å². The third kappa shape index (κ3) is 6.53. The van der Waals surface area contributed by atoms with E-state index in [-0.39, 0.29) is 12.3 Å². The van der Waals surface area contributed by atoms with Gasteiger partial charge in [0.2, 0.25) is 0 Å². The molecule has 0 unspecified atom stereocenters. The first-order valence-corrected chi connectivity index (χ1v) is 8.63. The summed E-state index contributed by atoms with van der Waals surface area (Å²) in [5.41, 5.74) is -0.416. The van der Waals surface area contributed by atoms with E-state index in [9.17, 15) is 22.4 Å². The zero-order chi connectivity index (χ0) is 20.7. The van der Waals surface area contributed by atoms with Gasteiger partial charge in [-0.2, -0.15) is 13.2 Å². The largest absolute Gasteiger partial charge is 0.481 e. The van der Waals surface area contributed by atoms with Crippen LogP contribution in [0.5, 0.6) is 5.75 Å². The molecule has 0 atom stereocenters. The van der Waals surface area contributed by atoms with Crippen molar-refractivity contribution in [3.8, 4) is 5.75 Å². The average molecular weight is 398 g/mol. The van der Waals surface area contributed by atoms with Crippen LogP contribution < -0.4 is 4.74 Å². The van der Waals surface area contributed by atoms with E-state index in [1.807, 2.05) is 19.0 Å². The van der Waals surface area contributed by atoms with Crippen LogP contribution in [0.4, 0.5) is 17.6 Å². The van der Waals surface area contributed by atoms with Crippen LogP contribution >= 0.6 is 0 Å². The van der Waals surface area contributed by atoms with Crippen molar-refractivity contribution in [1.29, 1.82) is 0 Å². The number of nitrogens with zero attached hydrogens (tertiary/aromatic N) is 2. The van der Waals surface area contributed by atoms with Crippen LogP contribution in [0.2, 0.25) is 0 Å². The molecule has 0 spiro atoms. The molecule has 0 heterocycles. The summed E-state index contributed by atoms with van der Waals surface area (Å²) >= 11 is 0. The van der Waals surface area contributed by atoms with Crippen LogP contribution in [0, 0.1) is 5.82 Å². The number of para-hydroxylation sites is 1. The number of carbonyl (C=O) groups excluding carboxylic acids is 1. The Bertz CT molecular complexity index is 794. The number of likely N-dealkylation sites (N-methyl/N-ethyl adjacent to an activating group) is 1. The maximum absolute atomic E-state index is 13.6. The van der Waals surface area contributed by atoms with E-state index in [1.165, 1.54) is 35.2 Å². The standard InChI is InChI=1S/C20H22F4N2O2/c1-25(2)10-11-26(13-15-6-5-7-16(12-15)20(22,23)24)19(27)14-28-18-9-4-3-8-17(18)21/h3-9,12H,10-11,13-14H2,1-2H3. The molecule has 0 saturated heterocycles. The van der Waals surface area contributed by atoms with Gasteiger partial charge >= 0.3 is 6.18 Å². The number of hydrogen-bond donors (Lipinski definition) is 0. The molecule has 0 aliphatic rings. The van der Waals surface area contributed by atoms with E-state index in [0.717, 1.165) is 12.1 Å². The van der Waals surface area contributed by atoms with Crippen LogP contribution in [0.3, 0.4) is 0 Å². The average Bonchev–Trinajstić information content (AvgIpc) is 2.63. The number of hydrogen-bond acceptors (Lipinski definition) is 3. The molecular formula is C20H22F4N2O2. The zero-order valence-electron chi connectivity index (χ0n) is 15.7. The van der Waals surface area contributed by atoms with Gasteiger partial charge in [-0.1, -0.05) is 24.3 Å². The second-order valence-electron chi connectivity index (χ2n) is 6.54. The molecule has 0 fully saturated rings. The van der Waals surface area contributed by atoms with Crippen LogP contribution in [0.25, 0.3) is 0 Å². The number of rotatable bonds is 8. The third-order valence-electron chi connectivity index (χ3n) is 3.99. The van der Waals surface area contributed by atoms with E-state index in [0.29, 0.717) is 18.7 Å². The van der Waals surface area contributed by atoms with Gasteiger partial charge in [0, 0.05) is 19.6 Å². The Morgan fingerprint density at radius 3 is 2.39 bits per heavy atom. The Kier molecular flexibility index (Phi) is 7.39. The van der Waals surface area contributed by atoms with Crippen molar-refractivity contribution >= 4 is 5.91 Å². The lowest BCUT2D eigenvalue weighted by Crippen LogP contribution is -2.39. The topological polar surface area (TPSA) is 32.8 Å². The molecule has 0 radical (unpaired) electrons. The Hall–Kier alpha value is -2.61. The van der Waals surface area contributed by atoms with Gasteiger partial charge in [-0.05, 0) is 43.9 Å². The summed E-state index contributed by atoms with van der Waals surface area (Å²) in [4.78, 5) is 15.8. The molecule has 8 heteroatoms. The van der Waals surface area contributed by atoms with Crippen molar-refractivity contribution in [2.75, 3.05) is 33.8 Å². The van der Waals surface area contributed by atoms with Gasteiger partial charge in [-0.3, -0.25) is 4.79 Å². The summed E-state index contributed by atoms with van der Waals surface area (Å²) < 4.78 is 57.6. The van der Waals surface area contributed by atoms with Gasteiger partial charge in [-0.15, -0.1) is 0 Å². The molecule has 0 saturated carbocycles. The van der Waals surface area contributed by atoms with Crippen LogP contribution in [-0.2, 0) is 17.5 Å². The fraction of sp³-hybridized carbons (Fsp3) is 0.350.